The van der Waals surface area contributed by atoms with Gasteiger partial charge in [-0.1, -0.05) is 35.9 Å². The fourth-order valence-electron chi connectivity index (χ4n) is 1.96. The summed E-state index contributed by atoms with van der Waals surface area (Å²) in [5.41, 5.74) is 9.64. The average molecular weight is 277 g/mol. The van der Waals surface area contributed by atoms with Crippen LogP contribution in [0.2, 0.25) is 5.02 Å². The highest BCUT2D eigenvalue weighted by molar-refractivity contribution is 6.31. The minimum Gasteiger partial charge on any atom is -0.397 e. The van der Waals surface area contributed by atoms with Crippen molar-refractivity contribution < 1.29 is 5.11 Å². The van der Waals surface area contributed by atoms with E-state index >= 15 is 0 Å². The third kappa shape index (κ3) is 3.40. The third-order valence-corrected chi connectivity index (χ3v) is 3.26. The van der Waals surface area contributed by atoms with Gasteiger partial charge >= 0.3 is 0 Å². The van der Waals surface area contributed by atoms with Gasteiger partial charge in [0, 0.05) is 18.6 Å². The van der Waals surface area contributed by atoms with Crippen molar-refractivity contribution in [2.75, 3.05) is 17.7 Å². The van der Waals surface area contributed by atoms with Gasteiger partial charge in [0.1, 0.15) is 0 Å². The summed E-state index contributed by atoms with van der Waals surface area (Å²) in [6.45, 7) is 0.799. The standard InChI is InChI=1S/C15H17ClN2O/c1-18(15-8-13(16)6-7-14(15)17)9-11-2-4-12(10-19)5-3-11/h2-8,19H,9-10,17H2,1H3. The minimum atomic E-state index is 0.0668. The van der Waals surface area contributed by atoms with Crippen LogP contribution in [-0.2, 0) is 13.2 Å². The van der Waals surface area contributed by atoms with Crippen molar-refractivity contribution in [2.24, 2.45) is 0 Å². The van der Waals surface area contributed by atoms with E-state index in [1.807, 2.05) is 43.4 Å². The van der Waals surface area contributed by atoms with E-state index in [1.165, 1.54) is 0 Å². The second-order valence-corrected chi connectivity index (χ2v) is 4.97. The van der Waals surface area contributed by atoms with Crippen molar-refractivity contribution in [1.29, 1.82) is 0 Å². The Morgan fingerprint density at radius 2 is 1.74 bits per heavy atom. The number of hydrogen-bond donors (Lipinski definition) is 2. The van der Waals surface area contributed by atoms with Gasteiger partial charge in [-0.25, -0.2) is 0 Å². The molecule has 0 atom stereocenters. The lowest BCUT2D eigenvalue weighted by molar-refractivity contribution is 0.282. The topological polar surface area (TPSA) is 49.5 Å². The van der Waals surface area contributed by atoms with Crippen LogP contribution in [0.5, 0.6) is 0 Å². The lowest BCUT2D eigenvalue weighted by Gasteiger charge is -2.21. The molecule has 19 heavy (non-hydrogen) atoms. The van der Waals surface area contributed by atoms with Crippen molar-refractivity contribution in [3.8, 4) is 0 Å². The summed E-state index contributed by atoms with van der Waals surface area (Å²) in [6, 6.07) is 13.3. The molecule has 0 saturated carbocycles. The van der Waals surface area contributed by atoms with Gasteiger partial charge in [0.05, 0.1) is 18.0 Å². The summed E-state index contributed by atoms with van der Waals surface area (Å²) >= 11 is 5.99. The Kier molecular flexibility index (Phi) is 4.30. The van der Waals surface area contributed by atoms with Crippen molar-refractivity contribution in [3.63, 3.8) is 0 Å². The first-order chi connectivity index (χ1) is 9.10. The summed E-state index contributed by atoms with van der Waals surface area (Å²) in [4.78, 5) is 2.05. The first-order valence-electron chi connectivity index (χ1n) is 6.05. The fourth-order valence-corrected chi connectivity index (χ4v) is 2.12. The molecule has 0 heterocycles. The van der Waals surface area contributed by atoms with Crippen LogP contribution in [0.3, 0.4) is 0 Å². The van der Waals surface area contributed by atoms with Crippen molar-refractivity contribution in [3.05, 3.63) is 58.6 Å². The van der Waals surface area contributed by atoms with Gasteiger partial charge in [-0.05, 0) is 29.3 Å². The first kappa shape index (κ1) is 13.7. The Morgan fingerprint density at radius 3 is 2.37 bits per heavy atom. The van der Waals surface area contributed by atoms with E-state index in [-0.39, 0.29) is 6.61 Å². The van der Waals surface area contributed by atoms with E-state index in [0.29, 0.717) is 10.7 Å². The van der Waals surface area contributed by atoms with Gasteiger partial charge in [-0.3, -0.25) is 0 Å². The van der Waals surface area contributed by atoms with Gasteiger partial charge in [-0.15, -0.1) is 0 Å². The number of nitrogen functional groups attached to an aromatic ring is 1. The van der Waals surface area contributed by atoms with Crippen LogP contribution in [0, 0.1) is 0 Å². The summed E-state index contributed by atoms with van der Waals surface area (Å²) in [5.74, 6) is 0. The van der Waals surface area contributed by atoms with E-state index in [0.717, 1.165) is 23.4 Å². The summed E-state index contributed by atoms with van der Waals surface area (Å²) in [5, 5.41) is 9.69. The van der Waals surface area contributed by atoms with E-state index < -0.39 is 0 Å². The molecule has 0 aliphatic carbocycles. The maximum Gasteiger partial charge on any atom is 0.0681 e. The highest BCUT2D eigenvalue weighted by atomic mass is 35.5. The van der Waals surface area contributed by atoms with Crippen LogP contribution in [0.25, 0.3) is 0 Å². The van der Waals surface area contributed by atoms with Gasteiger partial charge in [0.15, 0.2) is 0 Å². The Labute approximate surface area is 118 Å². The van der Waals surface area contributed by atoms with Crippen LogP contribution < -0.4 is 10.6 Å². The number of aliphatic hydroxyl groups excluding tert-OH is 1. The highest BCUT2D eigenvalue weighted by Gasteiger charge is 2.07. The molecule has 2 aromatic carbocycles. The fraction of sp³-hybridized carbons (Fsp3) is 0.200. The van der Waals surface area contributed by atoms with Gasteiger partial charge in [0.25, 0.3) is 0 Å². The zero-order valence-corrected chi connectivity index (χ0v) is 11.6. The smallest absolute Gasteiger partial charge is 0.0681 e. The molecule has 0 aliphatic heterocycles. The third-order valence-electron chi connectivity index (χ3n) is 3.03. The summed E-state index contributed by atoms with van der Waals surface area (Å²) in [7, 11) is 1.97. The lowest BCUT2D eigenvalue weighted by Crippen LogP contribution is -2.17. The molecule has 4 heteroatoms. The maximum atomic E-state index is 9.01. The van der Waals surface area contributed by atoms with Crippen LogP contribution in [0.1, 0.15) is 11.1 Å². The van der Waals surface area contributed by atoms with Crippen LogP contribution in [0.15, 0.2) is 42.5 Å². The summed E-state index contributed by atoms with van der Waals surface area (Å²) in [6.07, 6.45) is 0. The molecule has 0 radical (unpaired) electrons. The second-order valence-electron chi connectivity index (χ2n) is 4.53. The SMILES string of the molecule is CN(Cc1ccc(CO)cc1)c1cc(Cl)ccc1N. The molecule has 2 rings (SSSR count). The molecule has 0 unspecified atom stereocenters. The molecule has 0 fully saturated rings. The molecular weight excluding hydrogens is 260 g/mol. The molecule has 0 bridgehead atoms. The molecule has 0 saturated heterocycles. The Hall–Kier alpha value is -1.71. The van der Waals surface area contributed by atoms with Crippen molar-refractivity contribution in [1.82, 2.24) is 0 Å². The number of anilines is 2. The first-order valence-corrected chi connectivity index (χ1v) is 6.43. The quantitative estimate of drug-likeness (QED) is 0.844. The van der Waals surface area contributed by atoms with Crippen molar-refractivity contribution >= 4 is 23.0 Å². The van der Waals surface area contributed by atoms with Gasteiger partial charge < -0.3 is 15.7 Å². The van der Waals surface area contributed by atoms with Crippen LogP contribution in [0.4, 0.5) is 11.4 Å². The molecule has 3 N–H and O–H groups in total. The zero-order chi connectivity index (χ0) is 13.8. The predicted molar refractivity (Wildman–Crippen MR) is 80.3 cm³/mol. The molecule has 3 nitrogen and oxygen atoms in total. The van der Waals surface area contributed by atoms with Crippen molar-refractivity contribution in [2.45, 2.75) is 13.2 Å². The Bertz CT molecular complexity index is 555. The van der Waals surface area contributed by atoms with Crippen LogP contribution >= 0.6 is 11.6 Å². The average Bonchev–Trinajstić information content (AvgIpc) is 2.42. The van der Waals surface area contributed by atoms with Crippen LogP contribution in [-0.4, -0.2) is 12.2 Å². The Balaban J connectivity index is 2.15. The maximum absolute atomic E-state index is 9.01. The number of nitrogens with zero attached hydrogens (tertiary/aromatic N) is 1. The highest BCUT2D eigenvalue weighted by Crippen LogP contribution is 2.27. The molecule has 100 valence electrons. The number of benzene rings is 2. The van der Waals surface area contributed by atoms with E-state index in [2.05, 4.69) is 4.90 Å². The molecule has 0 aromatic heterocycles. The molecule has 0 amide bonds. The van der Waals surface area contributed by atoms with E-state index in [9.17, 15) is 0 Å². The number of hydrogen-bond acceptors (Lipinski definition) is 3. The number of aliphatic hydroxyl groups is 1. The van der Waals surface area contributed by atoms with E-state index in [4.69, 9.17) is 22.4 Å². The largest absolute Gasteiger partial charge is 0.397 e. The minimum absolute atomic E-state index is 0.0668. The lowest BCUT2D eigenvalue weighted by atomic mass is 10.1. The normalized spacial score (nSPS) is 10.5. The summed E-state index contributed by atoms with van der Waals surface area (Å²) < 4.78 is 0. The second kappa shape index (κ2) is 5.95. The zero-order valence-electron chi connectivity index (χ0n) is 10.8. The van der Waals surface area contributed by atoms with Gasteiger partial charge in [0.2, 0.25) is 0 Å². The Morgan fingerprint density at radius 1 is 1.11 bits per heavy atom. The number of nitrogens with two attached hydrogens (primary N) is 1. The molecular formula is C15H17ClN2O. The molecule has 2 aromatic rings. The predicted octanol–water partition coefficient (Wildman–Crippen LogP) is 3.05. The number of halogens is 1. The molecule has 0 spiro atoms. The number of rotatable bonds is 4. The monoisotopic (exact) mass is 276 g/mol. The van der Waals surface area contributed by atoms with E-state index in [1.54, 1.807) is 6.07 Å². The molecule has 0 aliphatic rings. The van der Waals surface area contributed by atoms with Gasteiger partial charge in [-0.2, -0.15) is 0 Å².